The first-order valence-electron chi connectivity index (χ1n) is 6.68. The molecule has 2 rings (SSSR count). The van der Waals surface area contributed by atoms with Crippen molar-refractivity contribution in [2.75, 3.05) is 25.0 Å². The Bertz CT molecular complexity index is 503. The predicted octanol–water partition coefficient (Wildman–Crippen LogP) is 2.62. The van der Waals surface area contributed by atoms with Gasteiger partial charge in [0.25, 0.3) is 0 Å². The minimum absolute atomic E-state index is 0. The van der Waals surface area contributed by atoms with Crippen molar-refractivity contribution in [1.29, 1.82) is 0 Å². The zero-order chi connectivity index (χ0) is 14.7. The number of benzene rings is 1. The fourth-order valence-electron chi connectivity index (χ4n) is 2.57. The van der Waals surface area contributed by atoms with Crippen LogP contribution < -0.4 is 11.1 Å². The van der Waals surface area contributed by atoms with Crippen molar-refractivity contribution in [3.05, 3.63) is 28.5 Å². The molecule has 1 fully saturated rings. The highest BCUT2D eigenvalue weighted by molar-refractivity contribution is 9.10. The molecule has 0 aromatic heterocycles. The van der Waals surface area contributed by atoms with E-state index in [1.807, 2.05) is 0 Å². The fourth-order valence-corrected chi connectivity index (χ4v) is 2.91. The lowest BCUT2D eigenvalue weighted by Crippen LogP contribution is -2.36. The molecule has 2 atom stereocenters. The Balaban J connectivity index is 0.00000220. The number of carbonyl (C=O) groups excluding carboxylic acids is 1. The van der Waals surface area contributed by atoms with Gasteiger partial charge in [-0.05, 0) is 44.0 Å². The van der Waals surface area contributed by atoms with Gasteiger partial charge in [0.15, 0.2) is 0 Å². The smallest absolute Gasteiger partial charge is 0.238 e. The van der Waals surface area contributed by atoms with E-state index in [0.29, 0.717) is 23.0 Å². The van der Waals surface area contributed by atoms with Crippen LogP contribution in [-0.4, -0.2) is 36.5 Å². The maximum Gasteiger partial charge on any atom is 0.238 e. The van der Waals surface area contributed by atoms with E-state index in [1.54, 1.807) is 12.1 Å². The average molecular weight is 381 g/mol. The van der Waals surface area contributed by atoms with Gasteiger partial charge in [-0.1, -0.05) is 15.9 Å². The number of hydrogen-bond donors (Lipinski definition) is 2. The van der Waals surface area contributed by atoms with Crippen molar-refractivity contribution < 1.29 is 9.18 Å². The number of carbonyl (C=O) groups is 1. The van der Waals surface area contributed by atoms with Crippen molar-refractivity contribution in [2.24, 2.45) is 11.7 Å². The summed E-state index contributed by atoms with van der Waals surface area (Å²) in [6.07, 6.45) is 1.01. The summed E-state index contributed by atoms with van der Waals surface area (Å²) in [6.45, 7) is 3.83. The van der Waals surface area contributed by atoms with E-state index in [9.17, 15) is 9.18 Å². The highest BCUT2D eigenvalue weighted by atomic mass is 79.9. The third kappa shape index (κ3) is 4.92. The topological polar surface area (TPSA) is 58.4 Å². The zero-order valence-electron chi connectivity index (χ0n) is 11.8. The predicted molar refractivity (Wildman–Crippen MR) is 88.2 cm³/mol. The molecule has 21 heavy (non-hydrogen) atoms. The Kier molecular flexibility index (Phi) is 7.06. The van der Waals surface area contributed by atoms with E-state index in [4.69, 9.17) is 5.73 Å². The Labute approximate surface area is 138 Å². The number of nitrogens with one attached hydrogen (secondary N) is 1. The van der Waals surface area contributed by atoms with Crippen LogP contribution in [0.3, 0.4) is 0 Å². The SMILES string of the molecule is CC1CC(CN)CN1CC(=O)Nc1ccc(Br)cc1F.Cl. The third-order valence-corrected chi connectivity index (χ3v) is 4.17. The maximum absolute atomic E-state index is 13.6. The first-order valence-corrected chi connectivity index (χ1v) is 7.48. The van der Waals surface area contributed by atoms with Gasteiger partial charge in [-0.15, -0.1) is 12.4 Å². The summed E-state index contributed by atoms with van der Waals surface area (Å²) in [4.78, 5) is 14.1. The van der Waals surface area contributed by atoms with Crippen molar-refractivity contribution in [2.45, 2.75) is 19.4 Å². The van der Waals surface area contributed by atoms with Gasteiger partial charge in [-0.25, -0.2) is 4.39 Å². The quantitative estimate of drug-likeness (QED) is 0.844. The molecule has 0 saturated carbocycles. The standard InChI is InChI=1S/C14H19BrFN3O.ClH/c1-9-4-10(6-17)7-19(9)8-14(20)18-13-3-2-11(15)5-12(13)16;/h2-3,5,9-10H,4,6-8,17H2,1H3,(H,18,20);1H. The molecule has 118 valence electrons. The highest BCUT2D eigenvalue weighted by Gasteiger charge is 2.29. The number of halogens is 3. The first kappa shape index (κ1) is 18.4. The third-order valence-electron chi connectivity index (χ3n) is 3.68. The summed E-state index contributed by atoms with van der Waals surface area (Å²) in [6, 6.07) is 4.91. The summed E-state index contributed by atoms with van der Waals surface area (Å²) in [5.74, 6) is -0.194. The molecule has 0 aliphatic carbocycles. The van der Waals surface area contributed by atoms with Crippen molar-refractivity contribution in [1.82, 2.24) is 4.90 Å². The van der Waals surface area contributed by atoms with Crippen molar-refractivity contribution in [3.63, 3.8) is 0 Å². The summed E-state index contributed by atoms with van der Waals surface area (Å²) in [5.41, 5.74) is 5.87. The summed E-state index contributed by atoms with van der Waals surface area (Å²) in [5, 5.41) is 2.61. The molecule has 7 heteroatoms. The van der Waals surface area contributed by atoms with Gasteiger partial charge in [0.1, 0.15) is 5.82 Å². The molecule has 0 spiro atoms. The molecule has 1 aliphatic heterocycles. The molecule has 4 nitrogen and oxygen atoms in total. The number of likely N-dealkylation sites (tertiary alicyclic amines) is 1. The molecule has 1 aromatic carbocycles. The van der Waals surface area contributed by atoms with Crippen molar-refractivity contribution in [3.8, 4) is 0 Å². The normalized spacial score (nSPS) is 21.9. The zero-order valence-corrected chi connectivity index (χ0v) is 14.2. The van der Waals surface area contributed by atoms with E-state index < -0.39 is 5.82 Å². The number of anilines is 1. The molecule has 0 radical (unpaired) electrons. The van der Waals surface area contributed by atoms with E-state index >= 15 is 0 Å². The lowest BCUT2D eigenvalue weighted by Gasteiger charge is -2.20. The molecule has 0 bridgehead atoms. The second-order valence-electron chi connectivity index (χ2n) is 5.29. The van der Waals surface area contributed by atoms with E-state index in [1.165, 1.54) is 6.07 Å². The summed E-state index contributed by atoms with van der Waals surface area (Å²) >= 11 is 3.18. The molecular weight excluding hydrogens is 361 g/mol. The van der Waals surface area contributed by atoms with Crippen LogP contribution in [0.5, 0.6) is 0 Å². The second kappa shape index (κ2) is 8.08. The summed E-state index contributed by atoms with van der Waals surface area (Å²) < 4.78 is 14.3. The Hall–Kier alpha value is -0.690. The van der Waals surface area contributed by atoms with E-state index in [0.717, 1.165) is 13.0 Å². The maximum atomic E-state index is 13.6. The van der Waals surface area contributed by atoms with Crippen LogP contribution in [0.1, 0.15) is 13.3 Å². The molecule has 1 amide bonds. The second-order valence-corrected chi connectivity index (χ2v) is 6.20. The lowest BCUT2D eigenvalue weighted by molar-refractivity contribution is -0.117. The van der Waals surface area contributed by atoms with Gasteiger partial charge in [-0.2, -0.15) is 0 Å². The molecule has 1 aromatic rings. The fraction of sp³-hybridized carbons (Fsp3) is 0.500. The van der Waals surface area contributed by atoms with Crippen LogP contribution in [-0.2, 0) is 4.79 Å². The van der Waals surface area contributed by atoms with Gasteiger partial charge in [-0.3, -0.25) is 9.69 Å². The summed E-state index contributed by atoms with van der Waals surface area (Å²) in [7, 11) is 0. The van der Waals surface area contributed by atoms with E-state index in [-0.39, 0.29) is 30.5 Å². The van der Waals surface area contributed by atoms with Gasteiger partial charge >= 0.3 is 0 Å². The Morgan fingerprint density at radius 3 is 2.86 bits per heavy atom. The van der Waals surface area contributed by atoms with Crippen LogP contribution in [0.2, 0.25) is 0 Å². The number of nitrogens with two attached hydrogens (primary N) is 1. The molecule has 1 saturated heterocycles. The molecule has 1 heterocycles. The van der Waals surface area contributed by atoms with Gasteiger partial charge in [0.05, 0.1) is 12.2 Å². The van der Waals surface area contributed by atoms with Crippen molar-refractivity contribution >= 4 is 39.9 Å². The number of hydrogen-bond acceptors (Lipinski definition) is 3. The van der Waals surface area contributed by atoms with Crippen LogP contribution in [0.4, 0.5) is 10.1 Å². The lowest BCUT2D eigenvalue weighted by atomic mass is 10.1. The Morgan fingerprint density at radius 2 is 2.29 bits per heavy atom. The van der Waals surface area contributed by atoms with E-state index in [2.05, 4.69) is 33.1 Å². The number of nitrogens with zero attached hydrogens (tertiary/aromatic N) is 1. The van der Waals surface area contributed by atoms with Gasteiger partial charge in [0.2, 0.25) is 5.91 Å². The van der Waals surface area contributed by atoms with Crippen LogP contribution in [0, 0.1) is 11.7 Å². The van der Waals surface area contributed by atoms with Crippen LogP contribution in [0.15, 0.2) is 22.7 Å². The highest BCUT2D eigenvalue weighted by Crippen LogP contribution is 2.22. The molecule has 2 unspecified atom stereocenters. The van der Waals surface area contributed by atoms with Gasteiger partial charge in [0, 0.05) is 17.1 Å². The monoisotopic (exact) mass is 379 g/mol. The Morgan fingerprint density at radius 1 is 1.57 bits per heavy atom. The average Bonchev–Trinajstić information content (AvgIpc) is 2.74. The molecule has 3 N–H and O–H groups in total. The minimum atomic E-state index is -0.443. The molecule has 1 aliphatic rings. The number of rotatable bonds is 4. The number of amides is 1. The van der Waals surface area contributed by atoms with Crippen LogP contribution in [0.25, 0.3) is 0 Å². The molecular formula is C14H20BrClFN3O. The first-order chi connectivity index (χ1) is 9.49. The van der Waals surface area contributed by atoms with Gasteiger partial charge < -0.3 is 11.1 Å². The van der Waals surface area contributed by atoms with Crippen LogP contribution >= 0.6 is 28.3 Å². The minimum Gasteiger partial charge on any atom is -0.330 e. The largest absolute Gasteiger partial charge is 0.330 e.